The largest absolute Gasteiger partial charge is 0.371 e. The van der Waals surface area contributed by atoms with E-state index in [4.69, 9.17) is 0 Å². The van der Waals surface area contributed by atoms with Crippen molar-refractivity contribution in [3.63, 3.8) is 0 Å². The smallest absolute Gasteiger partial charge is 0.258 e. The number of para-hydroxylation sites is 1. The summed E-state index contributed by atoms with van der Waals surface area (Å²) in [6.45, 7) is 1.67. The highest BCUT2D eigenvalue weighted by molar-refractivity contribution is 5.79. The lowest BCUT2D eigenvalue weighted by molar-refractivity contribution is -0.384. The average Bonchev–Trinajstić information content (AvgIpc) is 2.88. The van der Waals surface area contributed by atoms with Crippen molar-refractivity contribution in [1.29, 1.82) is 0 Å². The van der Waals surface area contributed by atoms with Gasteiger partial charge in [-0.1, -0.05) is 18.2 Å². The summed E-state index contributed by atoms with van der Waals surface area (Å²) in [7, 11) is 0. The molecular weight excluding hydrogens is 310 g/mol. The third-order valence-electron chi connectivity index (χ3n) is 3.34. The van der Waals surface area contributed by atoms with Gasteiger partial charge in [-0.2, -0.15) is 14.5 Å². The van der Waals surface area contributed by atoms with Gasteiger partial charge in [0, 0.05) is 12.1 Å². The average molecular weight is 323 g/mol. The monoisotopic (exact) mass is 323 g/mol. The molecule has 8 heteroatoms. The van der Waals surface area contributed by atoms with Crippen LogP contribution in [0.5, 0.6) is 0 Å². The molecule has 0 saturated heterocycles. The van der Waals surface area contributed by atoms with Crippen LogP contribution in [0.15, 0.2) is 64.5 Å². The van der Waals surface area contributed by atoms with E-state index in [1.807, 2.05) is 18.2 Å². The molecule has 2 aromatic carbocycles. The summed E-state index contributed by atoms with van der Waals surface area (Å²) in [4.78, 5) is 22.6. The molecule has 0 bridgehead atoms. The van der Waals surface area contributed by atoms with Crippen molar-refractivity contribution in [1.82, 2.24) is 14.5 Å². The molecule has 0 spiro atoms. The molecule has 0 N–H and O–H groups in total. The van der Waals surface area contributed by atoms with Gasteiger partial charge in [0.05, 0.1) is 16.8 Å². The number of aryl methyl sites for hydroxylation is 1. The Balaban J connectivity index is 1.92. The van der Waals surface area contributed by atoms with Crippen LogP contribution >= 0.6 is 0 Å². The number of non-ortho nitro benzene ring substituents is 1. The SMILES string of the molecule is Cc1nn(-c2ccccc2)c(=O)n1/N=C/c1ccc([N+](=O)[O-])cc1. The summed E-state index contributed by atoms with van der Waals surface area (Å²) >= 11 is 0. The van der Waals surface area contributed by atoms with Gasteiger partial charge in [-0.05, 0) is 36.8 Å². The molecule has 0 atom stereocenters. The Hall–Kier alpha value is -3.55. The molecule has 1 heterocycles. The van der Waals surface area contributed by atoms with E-state index in [9.17, 15) is 14.9 Å². The molecule has 0 radical (unpaired) electrons. The minimum Gasteiger partial charge on any atom is -0.258 e. The standard InChI is InChI=1S/C16H13N5O3/c1-12-18-20(14-5-3-2-4-6-14)16(22)19(12)17-11-13-7-9-15(10-8-13)21(23)24/h2-11H,1H3/b17-11+. The minimum atomic E-state index is -0.473. The van der Waals surface area contributed by atoms with E-state index in [2.05, 4.69) is 10.2 Å². The fourth-order valence-electron chi connectivity index (χ4n) is 2.13. The van der Waals surface area contributed by atoms with Crippen LogP contribution in [0.2, 0.25) is 0 Å². The Morgan fingerprint density at radius 1 is 1.12 bits per heavy atom. The molecule has 0 aliphatic carbocycles. The first kappa shape index (κ1) is 15.3. The summed E-state index contributed by atoms with van der Waals surface area (Å²) in [6.07, 6.45) is 1.45. The predicted molar refractivity (Wildman–Crippen MR) is 88.6 cm³/mol. The number of hydrogen-bond donors (Lipinski definition) is 0. The second-order valence-corrected chi connectivity index (χ2v) is 4.98. The molecule has 3 rings (SSSR count). The number of hydrogen-bond acceptors (Lipinski definition) is 5. The highest BCUT2D eigenvalue weighted by Crippen LogP contribution is 2.10. The van der Waals surface area contributed by atoms with Gasteiger partial charge < -0.3 is 0 Å². The number of nitrogens with zero attached hydrogens (tertiary/aromatic N) is 5. The van der Waals surface area contributed by atoms with Crippen molar-refractivity contribution in [3.8, 4) is 5.69 Å². The summed E-state index contributed by atoms with van der Waals surface area (Å²) in [5, 5.41) is 19.0. The van der Waals surface area contributed by atoms with Crippen LogP contribution in [0.4, 0.5) is 5.69 Å². The van der Waals surface area contributed by atoms with E-state index in [-0.39, 0.29) is 5.69 Å². The fourth-order valence-corrected chi connectivity index (χ4v) is 2.13. The highest BCUT2D eigenvalue weighted by Gasteiger charge is 2.10. The highest BCUT2D eigenvalue weighted by atomic mass is 16.6. The third kappa shape index (κ3) is 2.98. The van der Waals surface area contributed by atoms with Crippen molar-refractivity contribution in [2.75, 3.05) is 0 Å². The van der Waals surface area contributed by atoms with Crippen molar-refractivity contribution >= 4 is 11.9 Å². The summed E-state index contributed by atoms with van der Waals surface area (Å²) in [6, 6.07) is 14.9. The molecular formula is C16H13N5O3. The summed E-state index contributed by atoms with van der Waals surface area (Å²) < 4.78 is 2.44. The van der Waals surface area contributed by atoms with Gasteiger partial charge in [0.25, 0.3) is 5.69 Å². The number of benzene rings is 2. The molecule has 8 nitrogen and oxygen atoms in total. The quantitative estimate of drug-likeness (QED) is 0.417. The first-order valence-electron chi connectivity index (χ1n) is 7.09. The maximum atomic E-state index is 12.4. The molecule has 0 aliphatic heterocycles. The van der Waals surface area contributed by atoms with Gasteiger partial charge in [-0.25, -0.2) is 4.79 Å². The number of aromatic nitrogens is 3. The summed E-state index contributed by atoms with van der Waals surface area (Å²) in [5.41, 5.74) is 0.892. The van der Waals surface area contributed by atoms with E-state index in [0.717, 1.165) is 0 Å². The zero-order valence-electron chi connectivity index (χ0n) is 12.7. The molecule has 0 amide bonds. The van der Waals surface area contributed by atoms with Crippen molar-refractivity contribution in [3.05, 3.63) is 86.6 Å². The lowest BCUT2D eigenvalue weighted by Crippen LogP contribution is -2.21. The van der Waals surface area contributed by atoms with E-state index < -0.39 is 10.6 Å². The normalized spacial score (nSPS) is 11.0. The maximum Gasteiger partial charge on any atom is 0.371 e. The zero-order valence-corrected chi connectivity index (χ0v) is 12.7. The molecule has 0 unspecified atom stereocenters. The first-order valence-corrected chi connectivity index (χ1v) is 7.09. The molecule has 0 fully saturated rings. The second-order valence-electron chi connectivity index (χ2n) is 4.98. The first-order chi connectivity index (χ1) is 11.6. The van der Waals surface area contributed by atoms with Gasteiger partial charge in [0.15, 0.2) is 5.82 Å². The molecule has 120 valence electrons. The Bertz CT molecular complexity index is 956. The van der Waals surface area contributed by atoms with Gasteiger partial charge >= 0.3 is 5.69 Å². The lowest BCUT2D eigenvalue weighted by atomic mass is 10.2. The number of rotatable bonds is 4. The van der Waals surface area contributed by atoms with Gasteiger partial charge in [-0.3, -0.25) is 10.1 Å². The van der Waals surface area contributed by atoms with Gasteiger partial charge in [0.2, 0.25) is 0 Å². The summed E-state index contributed by atoms with van der Waals surface area (Å²) in [5.74, 6) is 0.432. The van der Waals surface area contributed by atoms with Crippen LogP contribution in [-0.2, 0) is 0 Å². The van der Waals surface area contributed by atoms with Gasteiger partial charge in [0.1, 0.15) is 0 Å². The van der Waals surface area contributed by atoms with Crippen LogP contribution in [0.1, 0.15) is 11.4 Å². The van der Waals surface area contributed by atoms with Crippen LogP contribution in [-0.4, -0.2) is 25.6 Å². The third-order valence-corrected chi connectivity index (χ3v) is 3.34. The van der Waals surface area contributed by atoms with E-state index in [0.29, 0.717) is 17.1 Å². The number of nitro benzene ring substituents is 1. The van der Waals surface area contributed by atoms with Crippen molar-refractivity contribution in [2.24, 2.45) is 5.10 Å². The lowest BCUT2D eigenvalue weighted by Gasteiger charge is -1.97. The van der Waals surface area contributed by atoms with Crippen LogP contribution in [0.3, 0.4) is 0 Å². The topological polar surface area (TPSA) is 95.3 Å². The van der Waals surface area contributed by atoms with E-state index >= 15 is 0 Å². The zero-order chi connectivity index (χ0) is 17.1. The Morgan fingerprint density at radius 2 is 1.79 bits per heavy atom. The Kier molecular flexibility index (Phi) is 4.02. The molecule has 1 aromatic heterocycles. The maximum absolute atomic E-state index is 12.4. The van der Waals surface area contributed by atoms with Crippen molar-refractivity contribution < 1.29 is 4.92 Å². The molecule has 24 heavy (non-hydrogen) atoms. The van der Waals surface area contributed by atoms with Crippen LogP contribution in [0.25, 0.3) is 5.69 Å². The predicted octanol–water partition coefficient (Wildman–Crippen LogP) is 2.13. The number of nitro groups is 1. The van der Waals surface area contributed by atoms with Crippen molar-refractivity contribution in [2.45, 2.75) is 6.92 Å². The van der Waals surface area contributed by atoms with E-state index in [1.54, 1.807) is 31.2 Å². The Labute approximate surface area is 136 Å². The van der Waals surface area contributed by atoms with Crippen LogP contribution in [0, 0.1) is 17.0 Å². The Morgan fingerprint density at radius 3 is 2.42 bits per heavy atom. The van der Waals surface area contributed by atoms with Crippen LogP contribution < -0.4 is 5.69 Å². The van der Waals surface area contributed by atoms with E-state index in [1.165, 1.54) is 27.7 Å². The fraction of sp³-hybridized carbons (Fsp3) is 0.0625. The minimum absolute atomic E-state index is 0.00241. The van der Waals surface area contributed by atoms with Gasteiger partial charge in [-0.15, -0.1) is 5.10 Å². The molecule has 3 aromatic rings. The molecule has 0 aliphatic rings. The molecule has 0 saturated carbocycles. The second kappa shape index (κ2) is 6.29.